The van der Waals surface area contributed by atoms with E-state index in [-0.39, 0.29) is 0 Å². The van der Waals surface area contributed by atoms with Crippen LogP contribution in [0.3, 0.4) is 0 Å². The summed E-state index contributed by atoms with van der Waals surface area (Å²) in [6.07, 6.45) is 1.52. The molecular weight excluding hydrogens is 242 g/mol. The molecule has 0 aliphatic carbocycles. The lowest BCUT2D eigenvalue weighted by Crippen LogP contribution is -2.32. The minimum Gasteiger partial charge on any atom is -0.481 e. The van der Waals surface area contributed by atoms with Crippen LogP contribution in [0.5, 0.6) is 0 Å². The number of fused-ring (bicyclic) bond motifs is 1. The number of carboxylic acids is 1. The molecule has 0 bridgehead atoms. The number of hydrogen-bond donors (Lipinski definition) is 1. The monoisotopic (exact) mass is 259 g/mol. The number of carboxylic acid groups (broad SMARTS) is 1. The first-order valence-electron chi connectivity index (χ1n) is 6.31. The van der Waals surface area contributed by atoms with Crippen molar-refractivity contribution in [3.05, 3.63) is 30.6 Å². The molecule has 100 valence electrons. The lowest BCUT2D eigenvalue weighted by molar-refractivity contribution is -0.140. The Morgan fingerprint density at radius 2 is 2.11 bits per heavy atom. The van der Waals surface area contributed by atoms with E-state index < -0.39 is 11.9 Å². The number of carbonyl (C=O) groups is 1. The fraction of sp³-hybridized carbons (Fsp3) is 0.357. The van der Waals surface area contributed by atoms with Crippen LogP contribution in [0.1, 0.15) is 13.8 Å². The molecule has 2 aromatic rings. The molecule has 0 saturated heterocycles. The summed E-state index contributed by atoms with van der Waals surface area (Å²) in [5.74, 6) is -0.438. The molecule has 5 nitrogen and oxygen atoms in total. The number of rotatable bonds is 5. The fourth-order valence-electron chi connectivity index (χ4n) is 2.02. The molecule has 0 radical (unpaired) electrons. The van der Waals surface area contributed by atoms with Crippen LogP contribution in [0.25, 0.3) is 10.9 Å². The minimum atomic E-state index is -0.795. The quantitative estimate of drug-likeness (QED) is 0.891. The van der Waals surface area contributed by atoms with E-state index in [1.54, 1.807) is 6.92 Å². The van der Waals surface area contributed by atoms with Gasteiger partial charge >= 0.3 is 5.97 Å². The van der Waals surface area contributed by atoms with E-state index >= 15 is 0 Å². The number of anilines is 1. The van der Waals surface area contributed by atoms with E-state index in [4.69, 9.17) is 5.11 Å². The van der Waals surface area contributed by atoms with Gasteiger partial charge < -0.3 is 10.0 Å². The Morgan fingerprint density at radius 3 is 2.79 bits per heavy atom. The van der Waals surface area contributed by atoms with Gasteiger partial charge in [0.15, 0.2) is 0 Å². The van der Waals surface area contributed by atoms with Gasteiger partial charge in [-0.05, 0) is 19.1 Å². The van der Waals surface area contributed by atoms with Gasteiger partial charge in [-0.2, -0.15) is 0 Å². The van der Waals surface area contributed by atoms with Gasteiger partial charge in [-0.3, -0.25) is 4.79 Å². The van der Waals surface area contributed by atoms with Crippen molar-refractivity contribution in [2.24, 2.45) is 5.92 Å². The summed E-state index contributed by atoms with van der Waals surface area (Å²) >= 11 is 0. The van der Waals surface area contributed by atoms with Crippen LogP contribution < -0.4 is 4.90 Å². The van der Waals surface area contributed by atoms with Crippen molar-refractivity contribution in [1.82, 2.24) is 9.97 Å². The molecule has 1 aromatic heterocycles. The first-order valence-corrected chi connectivity index (χ1v) is 6.31. The first kappa shape index (κ1) is 13.3. The third-order valence-corrected chi connectivity index (χ3v) is 3.12. The van der Waals surface area contributed by atoms with Crippen LogP contribution in [0.2, 0.25) is 0 Å². The summed E-state index contributed by atoms with van der Waals surface area (Å²) in [5.41, 5.74) is 0.869. The second-order valence-electron chi connectivity index (χ2n) is 4.49. The highest BCUT2D eigenvalue weighted by molar-refractivity contribution is 5.89. The number of aliphatic carboxylic acids is 1. The normalized spacial score (nSPS) is 12.3. The zero-order valence-corrected chi connectivity index (χ0v) is 11.1. The van der Waals surface area contributed by atoms with Gasteiger partial charge in [0, 0.05) is 18.5 Å². The van der Waals surface area contributed by atoms with E-state index in [1.807, 2.05) is 36.1 Å². The first-order chi connectivity index (χ1) is 9.13. The standard InChI is InChI=1S/C14H17N3O2/c1-3-17(8-10(2)14(18)19)13-11-6-4-5-7-12(11)15-9-16-13/h4-7,9-10H,3,8H2,1-2H3,(H,18,19). The second-order valence-corrected chi connectivity index (χ2v) is 4.49. The summed E-state index contributed by atoms with van der Waals surface area (Å²) in [7, 11) is 0. The van der Waals surface area contributed by atoms with Crippen molar-refractivity contribution in [3.63, 3.8) is 0 Å². The van der Waals surface area contributed by atoms with Crippen LogP contribution in [0, 0.1) is 5.92 Å². The largest absolute Gasteiger partial charge is 0.481 e. The average molecular weight is 259 g/mol. The molecule has 0 aliphatic rings. The molecule has 0 fully saturated rings. The predicted octanol–water partition coefficient (Wildman–Crippen LogP) is 2.18. The highest BCUT2D eigenvalue weighted by Crippen LogP contribution is 2.23. The Hall–Kier alpha value is -2.17. The summed E-state index contributed by atoms with van der Waals surface area (Å²) in [4.78, 5) is 21.5. The van der Waals surface area contributed by atoms with Crippen molar-refractivity contribution < 1.29 is 9.90 Å². The zero-order chi connectivity index (χ0) is 13.8. The number of para-hydroxylation sites is 1. The molecule has 0 spiro atoms. The topological polar surface area (TPSA) is 66.3 Å². The van der Waals surface area contributed by atoms with Gasteiger partial charge in [0.2, 0.25) is 0 Å². The van der Waals surface area contributed by atoms with Gasteiger partial charge in [-0.15, -0.1) is 0 Å². The molecule has 0 aliphatic heterocycles. The minimum absolute atomic E-state index is 0.436. The van der Waals surface area contributed by atoms with E-state index in [1.165, 1.54) is 6.33 Å². The highest BCUT2D eigenvalue weighted by Gasteiger charge is 2.17. The van der Waals surface area contributed by atoms with Gasteiger partial charge in [0.1, 0.15) is 12.1 Å². The summed E-state index contributed by atoms with van der Waals surface area (Å²) < 4.78 is 0. The van der Waals surface area contributed by atoms with E-state index in [2.05, 4.69) is 9.97 Å². The lowest BCUT2D eigenvalue weighted by Gasteiger charge is -2.24. The van der Waals surface area contributed by atoms with E-state index in [0.29, 0.717) is 13.1 Å². The Kier molecular flexibility index (Phi) is 3.94. The van der Waals surface area contributed by atoms with Crippen molar-refractivity contribution in [2.45, 2.75) is 13.8 Å². The molecule has 1 N–H and O–H groups in total. The highest BCUT2D eigenvalue weighted by atomic mass is 16.4. The number of nitrogens with zero attached hydrogens (tertiary/aromatic N) is 3. The average Bonchev–Trinajstić information content (AvgIpc) is 2.44. The van der Waals surface area contributed by atoms with Crippen molar-refractivity contribution in [1.29, 1.82) is 0 Å². The van der Waals surface area contributed by atoms with E-state index in [9.17, 15) is 4.79 Å². The van der Waals surface area contributed by atoms with Gasteiger partial charge in [-0.25, -0.2) is 9.97 Å². The molecule has 1 atom stereocenters. The SMILES string of the molecule is CCN(CC(C)C(=O)O)c1ncnc2ccccc12. The molecule has 1 unspecified atom stereocenters. The third kappa shape index (κ3) is 2.81. The number of hydrogen-bond acceptors (Lipinski definition) is 4. The molecule has 1 heterocycles. The molecule has 0 amide bonds. The van der Waals surface area contributed by atoms with Crippen LogP contribution in [-0.4, -0.2) is 34.1 Å². The Labute approximate surface area is 111 Å². The maximum Gasteiger partial charge on any atom is 0.308 e. The van der Waals surface area contributed by atoms with E-state index in [0.717, 1.165) is 16.7 Å². The fourth-order valence-corrected chi connectivity index (χ4v) is 2.02. The molecular formula is C14H17N3O2. The third-order valence-electron chi connectivity index (χ3n) is 3.12. The summed E-state index contributed by atoms with van der Waals surface area (Å²) in [5, 5.41) is 9.98. The van der Waals surface area contributed by atoms with Gasteiger partial charge in [0.05, 0.1) is 11.4 Å². The van der Waals surface area contributed by atoms with Gasteiger partial charge in [0.25, 0.3) is 0 Å². The number of aromatic nitrogens is 2. The van der Waals surface area contributed by atoms with Crippen LogP contribution in [0.15, 0.2) is 30.6 Å². The Morgan fingerprint density at radius 1 is 1.37 bits per heavy atom. The molecule has 5 heteroatoms. The second kappa shape index (κ2) is 5.65. The van der Waals surface area contributed by atoms with Gasteiger partial charge in [-0.1, -0.05) is 19.1 Å². The Balaban J connectivity index is 2.38. The van der Waals surface area contributed by atoms with Crippen molar-refractivity contribution in [2.75, 3.05) is 18.0 Å². The summed E-state index contributed by atoms with van der Waals surface area (Å²) in [6.45, 7) is 4.84. The number of benzene rings is 1. The van der Waals surface area contributed by atoms with Crippen LogP contribution in [-0.2, 0) is 4.79 Å². The maximum absolute atomic E-state index is 11.0. The Bertz CT molecular complexity index is 580. The molecule has 0 saturated carbocycles. The van der Waals surface area contributed by atoms with Crippen LogP contribution in [0.4, 0.5) is 5.82 Å². The molecule has 1 aromatic carbocycles. The maximum atomic E-state index is 11.0. The van der Waals surface area contributed by atoms with Crippen LogP contribution >= 0.6 is 0 Å². The molecule has 2 rings (SSSR count). The lowest BCUT2D eigenvalue weighted by atomic mass is 10.1. The van der Waals surface area contributed by atoms with Crippen molar-refractivity contribution >= 4 is 22.7 Å². The summed E-state index contributed by atoms with van der Waals surface area (Å²) in [6, 6.07) is 7.74. The zero-order valence-electron chi connectivity index (χ0n) is 11.1. The smallest absolute Gasteiger partial charge is 0.308 e. The molecule has 19 heavy (non-hydrogen) atoms. The predicted molar refractivity (Wildman–Crippen MR) is 74.2 cm³/mol. The van der Waals surface area contributed by atoms with Crippen molar-refractivity contribution in [3.8, 4) is 0 Å².